The minimum Gasteiger partial charge on any atom is -0.493 e. The highest BCUT2D eigenvalue weighted by Gasteiger charge is 2.22. The molecule has 1 aromatic carbocycles. The molecule has 2 heterocycles. The van der Waals surface area contributed by atoms with E-state index < -0.39 is 0 Å². The van der Waals surface area contributed by atoms with Gasteiger partial charge in [-0.05, 0) is 48.6 Å². The molecule has 0 saturated carbocycles. The van der Waals surface area contributed by atoms with Crippen LogP contribution >= 0.6 is 0 Å². The van der Waals surface area contributed by atoms with Crippen molar-refractivity contribution in [1.29, 1.82) is 0 Å². The number of benzene rings is 1. The molecule has 1 amide bonds. The second-order valence-electron chi connectivity index (χ2n) is 6.97. The molecule has 0 bridgehead atoms. The lowest BCUT2D eigenvalue weighted by Crippen LogP contribution is -2.39. The Morgan fingerprint density at radius 3 is 2.70 bits per heavy atom. The summed E-state index contributed by atoms with van der Waals surface area (Å²) in [6, 6.07) is 9.49. The normalized spacial score (nSPS) is 16.7. The Labute approximate surface area is 160 Å². The van der Waals surface area contributed by atoms with Crippen LogP contribution in [0.5, 0.6) is 11.5 Å². The number of likely N-dealkylation sites (tertiary alicyclic amines) is 1. The van der Waals surface area contributed by atoms with Crippen LogP contribution in [0, 0.1) is 5.92 Å². The molecule has 1 aliphatic rings. The fourth-order valence-corrected chi connectivity index (χ4v) is 3.36. The molecule has 27 heavy (non-hydrogen) atoms. The summed E-state index contributed by atoms with van der Waals surface area (Å²) in [6.45, 7) is 4.46. The number of nitrogens with one attached hydrogen (secondary N) is 1. The van der Waals surface area contributed by atoms with Crippen molar-refractivity contribution in [2.75, 3.05) is 32.6 Å². The van der Waals surface area contributed by atoms with Crippen LogP contribution < -0.4 is 14.8 Å². The Kier molecular flexibility index (Phi) is 6.16. The smallest absolute Gasteiger partial charge is 0.272 e. The zero-order chi connectivity index (χ0) is 19.2. The second-order valence-corrected chi connectivity index (χ2v) is 6.97. The van der Waals surface area contributed by atoms with Crippen LogP contribution in [0.1, 0.15) is 35.8 Å². The second kappa shape index (κ2) is 8.75. The van der Waals surface area contributed by atoms with Gasteiger partial charge in [0.05, 0.1) is 26.1 Å². The molecule has 0 radical (unpaired) electrons. The molecular weight excluding hydrogens is 342 g/mol. The quantitative estimate of drug-likeness (QED) is 0.843. The summed E-state index contributed by atoms with van der Waals surface area (Å²) in [4.78, 5) is 18.8. The maximum absolute atomic E-state index is 12.6. The lowest BCUT2D eigenvalue weighted by molar-refractivity contribution is 0.0677. The number of aromatic nitrogens is 1. The monoisotopic (exact) mass is 369 g/mol. The zero-order valence-corrected chi connectivity index (χ0v) is 16.2. The predicted molar refractivity (Wildman–Crippen MR) is 105 cm³/mol. The highest BCUT2D eigenvalue weighted by Crippen LogP contribution is 2.27. The molecule has 1 fully saturated rings. The van der Waals surface area contributed by atoms with Gasteiger partial charge in [-0.1, -0.05) is 13.0 Å². The lowest BCUT2D eigenvalue weighted by Gasteiger charge is -2.30. The minimum absolute atomic E-state index is 0.0213. The van der Waals surface area contributed by atoms with Crippen LogP contribution in [-0.4, -0.2) is 43.1 Å². The molecule has 0 aliphatic carbocycles. The minimum atomic E-state index is 0.0213. The Morgan fingerprint density at radius 1 is 1.22 bits per heavy atom. The van der Waals surface area contributed by atoms with E-state index in [1.54, 1.807) is 26.5 Å². The van der Waals surface area contributed by atoms with E-state index in [2.05, 4.69) is 17.2 Å². The van der Waals surface area contributed by atoms with Gasteiger partial charge in [0.15, 0.2) is 11.5 Å². The molecule has 6 nitrogen and oxygen atoms in total. The fraction of sp³-hybridized carbons (Fsp3) is 0.429. The van der Waals surface area contributed by atoms with Gasteiger partial charge in [0, 0.05) is 19.6 Å². The summed E-state index contributed by atoms with van der Waals surface area (Å²) in [6.07, 6.45) is 3.97. The standard InChI is InChI=1S/C21H27N3O3/c1-15-5-4-10-24(14-15)21(25)18-8-7-17(13-23-18)22-12-16-6-9-19(26-2)20(11-16)27-3/h6-9,11,13,15,22H,4-5,10,12,14H2,1-3H3. The average Bonchev–Trinajstić information content (AvgIpc) is 2.71. The van der Waals surface area contributed by atoms with Crippen molar-refractivity contribution in [2.24, 2.45) is 5.92 Å². The number of amides is 1. The van der Waals surface area contributed by atoms with Crippen molar-refractivity contribution in [3.05, 3.63) is 47.8 Å². The SMILES string of the molecule is COc1ccc(CNc2ccc(C(=O)N3CCCC(C)C3)nc2)cc1OC. The largest absolute Gasteiger partial charge is 0.493 e. The van der Waals surface area contributed by atoms with Crippen LogP contribution in [0.25, 0.3) is 0 Å². The van der Waals surface area contributed by atoms with Gasteiger partial charge in [0.2, 0.25) is 0 Å². The summed E-state index contributed by atoms with van der Waals surface area (Å²) < 4.78 is 10.6. The van der Waals surface area contributed by atoms with Crippen LogP contribution in [-0.2, 0) is 6.54 Å². The number of rotatable bonds is 6. The Hall–Kier alpha value is -2.76. The first kappa shape index (κ1) is 19.0. The van der Waals surface area contributed by atoms with Crippen LogP contribution in [0.2, 0.25) is 0 Å². The molecule has 1 saturated heterocycles. The van der Waals surface area contributed by atoms with Gasteiger partial charge < -0.3 is 19.7 Å². The Balaban J connectivity index is 1.60. The third-order valence-electron chi connectivity index (χ3n) is 4.87. The van der Waals surface area contributed by atoms with Gasteiger partial charge in [0.1, 0.15) is 5.69 Å². The lowest BCUT2D eigenvalue weighted by atomic mass is 10.00. The first-order valence-electron chi connectivity index (χ1n) is 9.31. The molecule has 1 atom stereocenters. The van der Waals surface area contributed by atoms with Crippen LogP contribution in [0.3, 0.4) is 0 Å². The predicted octanol–water partition coefficient (Wildman–Crippen LogP) is 3.58. The van der Waals surface area contributed by atoms with E-state index in [4.69, 9.17) is 9.47 Å². The van der Waals surface area contributed by atoms with E-state index in [9.17, 15) is 4.79 Å². The number of methoxy groups -OCH3 is 2. The van der Waals surface area contributed by atoms with Gasteiger partial charge in [-0.15, -0.1) is 0 Å². The molecule has 3 rings (SSSR count). The molecule has 1 aliphatic heterocycles. The maximum atomic E-state index is 12.6. The molecule has 6 heteroatoms. The first-order valence-corrected chi connectivity index (χ1v) is 9.31. The summed E-state index contributed by atoms with van der Waals surface area (Å²) in [5.74, 6) is 1.99. The summed E-state index contributed by atoms with van der Waals surface area (Å²) in [5.41, 5.74) is 2.43. The average molecular weight is 369 g/mol. The van der Waals surface area contributed by atoms with Crippen molar-refractivity contribution in [3.8, 4) is 11.5 Å². The number of pyridine rings is 1. The van der Waals surface area contributed by atoms with Gasteiger partial charge in [-0.25, -0.2) is 4.98 Å². The summed E-state index contributed by atoms with van der Waals surface area (Å²) >= 11 is 0. The van der Waals surface area contributed by atoms with E-state index in [0.717, 1.165) is 30.8 Å². The first-order chi connectivity index (χ1) is 13.1. The summed E-state index contributed by atoms with van der Waals surface area (Å²) in [5, 5.41) is 3.32. The Morgan fingerprint density at radius 2 is 2.04 bits per heavy atom. The van der Waals surface area contributed by atoms with Crippen molar-refractivity contribution in [2.45, 2.75) is 26.3 Å². The molecule has 1 N–H and O–H groups in total. The third-order valence-corrected chi connectivity index (χ3v) is 4.87. The zero-order valence-electron chi connectivity index (χ0n) is 16.2. The maximum Gasteiger partial charge on any atom is 0.272 e. The van der Waals surface area contributed by atoms with Crippen molar-refractivity contribution >= 4 is 11.6 Å². The van der Waals surface area contributed by atoms with E-state index >= 15 is 0 Å². The molecular formula is C21H27N3O3. The number of piperidine rings is 1. The fourth-order valence-electron chi connectivity index (χ4n) is 3.36. The molecule has 1 unspecified atom stereocenters. The number of ether oxygens (including phenoxy) is 2. The third kappa shape index (κ3) is 4.70. The topological polar surface area (TPSA) is 63.7 Å². The van der Waals surface area contributed by atoms with Gasteiger partial charge in [-0.3, -0.25) is 4.79 Å². The molecule has 0 spiro atoms. The molecule has 2 aromatic rings. The number of hydrogen-bond donors (Lipinski definition) is 1. The molecule has 1 aromatic heterocycles. The van der Waals surface area contributed by atoms with E-state index in [-0.39, 0.29) is 5.91 Å². The number of carbonyl (C=O) groups excluding carboxylic acids is 1. The molecule has 144 valence electrons. The van der Waals surface area contributed by atoms with Gasteiger partial charge >= 0.3 is 0 Å². The summed E-state index contributed by atoms with van der Waals surface area (Å²) in [7, 11) is 3.24. The van der Waals surface area contributed by atoms with Crippen LogP contribution in [0.15, 0.2) is 36.5 Å². The van der Waals surface area contributed by atoms with Crippen LogP contribution in [0.4, 0.5) is 5.69 Å². The van der Waals surface area contributed by atoms with Gasteiger partial charge in [0.25, 0.3) is 5.91 Å². The number of nitrogens with zero attached hydrogens (tertiary/aromatic N) is 2. The number of anilines is 1. The van der Waals surface area contributed by atoms with E-state index in [1.165, 1.54) is 6.42 Å². The Bertz CT molecular complexity index is 777. The van der Waals surface area contributed by atoms with Crippen molar-refractivity contribution in [3.63, 3.8) is 0 Å². The van der Waals surface area contributed by atoms with Crippen molar-refractivity contribution < 1.29 is 14.3 Å². The number of hydrogen-bond acceptors (Lipinski definition) is 5. The highest BCUT2D eigenvalue weighted by atomic mass is 16.5. The number of carbonyl (C=O) groups is 1. The highest BCUT2D eigenvalue weighted by molar-refractivity contribution is 5.92. The van der Waals surface area contributed by atoms with E-state index in [0.29, 0.717) is 29.7 Å². The van der Waals surface area contributed by atoms with Crippen molar-refractivity contribution in [1.82, 2.24) is 9.88 Å². The van der Waals surface area contributed by atoms with E-state index in [1.807, 2.05) is 29.2 Å². The van der Waals surface area contributed by atoms with Gasteiger partial charge in [-0.2, -0.15) is 0 Å².